The molecule has 0 unspecified atom stereocenters. The number of hydrogen-bond donors (Lipinski definition) is 1. The van der Waals surface area contributed by atoms with Gasteiger partial charge in [-0.3, -0.25) is 9.89 Å². The Morgan fingerprint density at radius 2 is 2.00 bits per heavy atom. The molecule has 2 aromatic rings. The van der Waals surface area contributed by atoms with Gasteiger partial charge in [0.1, 0.15) is 12.4 Å². The maximum absolute atomic E-state index is 6.10. The fraction of sp³-hybridized carbons (Fsp3) is 0.591. The minimum Gasteiger partial charge on any atom is -0.474 e. The first-order valence-corrected chi connectivity index (χ1v) is 11.0. The molecule has 2 aliphatic rings. The van der Waals surface area contributed by atoms with Crippen molar-refractivity contribution < 1.29 is 9.26 Å². The van der Waals surface area contributed by atoms with Crippen molar-refractivity contribution in [3.63, 3.8) is 0 Å². The summed E-state index contributed by atoms with van der Waals surface area (Å²) in [5, 5.41) is 7.50. The number of guanidine groups is 1. The molecule has 0 radical (unpaired) electrons. The van der Waals surface area contributed by atoms with Gasteiger partial charge in [-0.05, 0) is 37.3 Å². The van der Waals surface area contributed by atoms with Crippen molar-refractivity contribution in [1.29, 1.82) is 0 Å². The van der Waals surface area contributed by atoms with Crippen LogP contribution >= 0.6 is 24.0 Å². The van der Waals surface area contributed by atoms with E-state index < -0.39 is 0 Å². The van der Waals surface area contributed by atoms with Gasteiger partial charge in [0.15, 0.2) is 5.96 Å². The summed E-state index contributed by atoms with van der Waals surface area (Å²) in [6.07, 6.45) is 9.89. The third-order valence-corrected chi connectivity index (χ3v) is 5.85. The second kappa shape index (κ2) is 12.2. The highest BCUT2D eigenvalue weighted by Gasteiger charge is 2.20. The first-order valence-electron chi connectivity index (χ1n) is 11.0. The van der Waals surface area contributed by atoms with E-state index >= 15 is 0 Å². The van der Waals surface area contributed by atoms with Gasteiger partial charge < -0.3 is 19.5 Å². The summed E-state index contributed by atoms with van der Waals surface area (Å²) in [5.41, 5.74) is 2.14. The number of ether oxygens (including phenoxy) is 1. The smallest absolute Gasteiger partial charge is 0.213 e. The normalized spacial score (nSPS) is 18.5. The quantitative estimate of drug-likeness (QED) is 0.342. The van der Waals surface area contributed by atoms with E-state index in [9.17, 15) is 0 Å². The van der Waals surface area contributed by atoms with Crippen LogP contribution in [0, 0.1) is 0 Å². The zero-order valence-electron chi connectivity index (χ0n) is 18.2. The summed E-state index contributed by atoms with van der Waals surface area (Å²) < 4.78 is 11.0. The number of aliphatic imine (C=N–C) groups is 1. The van der Waals surface area contributed by atoms with Crippen LogP contribution in [0.5, 0.6) is 5.88 Å². The first-order chi connectivity index (χ1) is 14.8. The summed E-state index contributed by atoms with van der Waals surface area (Å²) in [5.74, 6) is 1.67. The van der Waals surface area contributed by atoms with Crippen LogP contribution < -0.4 is 10.1 Å². The van der Waals surface area contributed by atoms with E-state index in [2.05, 4.69) is 30.2 Å². The summed E-state index contributed by atoms with van der Waals surface area (Å²) in [4.78, 5) is 13.6. The Kier molecular flexibility index (Phi) is 9.38. The summed E-state index contributed by atoms with van der Waals surface area (Å²) >= 11 is 0. The molecule has 1 saturated heterocycles. The van der Waals surface area contributed by atoms with Gasteiger partial charge >= 0.3 is 0 Å². The van der Waals surface area contributed by atoms with E-state index in [1.165, 1.54) is 19.3 Å². The molecule has 1 aliphatic heterocycles. The van der Waals surface area contributed by atoms with Gasteiger partial charge in [-0.1, -0.05) is 11.6 Å². The van der Waals surface area contributed by atoms with E-state index in [1.807, 2.05) is 31.4 Å². The average Bonchev–Trinajstić information content (AvgIpc) is 3.29. The lowest BCUT2D eigenvalue weighted by Gasteiger charge is -2.36. The standard InChI is InChI=1S/C22H32N6O2.HI/c1-23-22(28-12-10-27(11-13-28)17-19-8-14-29-26-19)25-16-18-7-9-24-21(15-18)30-20-5-3-2-4-6-20;/h7-9,14-15,20H,2-6,10-13,16-17H2,1H3,(H,23,25);1H. The molecule has 0 bridgehead atoms. The van der Waals surface area contributed by atoms with Gasteiger partial charge in [-0.25, -0.2) is 4.98 Å². The Hall–Kier alpha value is -1.88. The van der Waals surface area contributed by atoms with E-state index in [-0.39, 0.29) is 24.0 Å². The molecule has 1 saturated carbocycles. The monoisotopic (exact) mass is 540 g/mol. The summed E-state index contributed by atoms with van der Waals surface area (Å²) in [6, 6.07) is 6.00. The van der Waals surface area contributed by atoms with Crippen molar-refractivity contribution in [3.05, 3.63) is 41.9 Å². The molecule has 0 spiro atoms. The minimum atomic E-state index is 0. The van der Waals surface area contributed by atoms with Crippen LogP contribution in [0.25, 0.3) is 0 Å². The van der Waals surface area contributed by atoms with Crippen molar-refractivity contribution in [1.82, 2.24) is 25.3 Å². The number of aromatic nitrogens is 2. The molecule has 1 N–H and O–H groups in total. The maximum atomic E-state index is 6.10. The van der Waals surface area contributed by atoms with Crippen molar-refractivity contribution >= 4 is 29.9 Å². The minimum absolute atomic E-state index is 0. The molecule has 9 heteroatoms. The maximum Gasteiger partial charge on any atom is 0.213 e. The molecule has 0 aromatic carbocycles. The number of pyridine rings is 1. The van der Waals surface area contributed by atoms with Gasteiger partial charge in [0.2, 0.25) is 5.88 Å². The molecule has 3 heterocycles. The number of rotatable bonds is 6. The van der Waals surface area contributed by atoms with Crippen LogP contribution in [-0.4, -0.2) is 65.2 Å². The molecule has 2 aromatic heterocycles. The summed E-state index contributed by atoms with van der Waals surface area (Å²) in [6.45, 7) is 5.35. The number of nitrogens with zero attached hydrogens (tertiary/aromatic N) is 5. The van der Waals surface area contributed by atoms with Gasteiger partial charge in [-0.15, -0.1) is 24.0 Å². The Morgan fingerprint density at radius 3 is 2.71 bits per heavy atom. The Labute approximate surface area is 201 Å². The van der Waals surface area contributed by atoms with Gasteiger partial charge in [-0.2, -0.15) is 0 Å². The lowest BCUT2D eigenvalue weighted by molar-refractivity contribution is 0.148. The van der Waals surface area contributed by atoms with Crippen LogP contribution in [-0.2, 0) is 13.1 Å². The predicted molar refractivity (Wildman–Crippen MR) is 131 cm³/mol. The van der Waals surface area contributed by atoms with E-state index in [0.29, 0.717) is 12.6 Å². The molecule has 0 amide bonds. The van der Waals surface area contributed by atoms with Gasteiger partial charge in [0, 0.05) is 64.6 Å². The fourth-order valence-corrected chi connectivity index (χ4v) is 4.16. The average molecular weight is 540 g/mol. The van der Waals surface area contributed by atoms with Crippen LogP contribution in [0.4, 0.5) is 0 Å². The van der Waals surface area contributed by atoms with E-state index in [0.717, 1.165) is 68.7 Å². The zero-order valence-corrected chi connectivity index (χ0v) is 20.5. The highest BCUT2D eigenvalue weighted by molar-refractivity contribution is 14.0. The van der Waals surface area contributed by atoms with E-state index in [4.69, 9.17) is 9.26 Å². The lowest BCUT2D eigenvalue weighted by atomic mass is 9.98. The number of nitrogens with one attached hydrogen (secondary N) is 1. The van der Waals surface area contributed by atoms with Crippen molar-refractivity contribution in [3.8, 4) is 5.88 Å². The van der Waals surface area contributed by atoms with Gasteiger partial charge in [0.25, 0.3) is 0 Å². The number of halogens is 1. The molecule has 1 aliphatic carbocycles. The van der Waals surface area contributed by atoms with Crippen molar-refractivity contribution in [2.75, 3.05) is 33.2 Å². The molecule has 4 rings (SSSR count). The zero-order chi connectivity index (χ0) is 20.6. The molecular weight excluding hydrogens is 507 g/mol. The second-order valence-electron chi connectivity index (χ2n) is 8.03. The van der Waals surface area contributed by atoms with Crippen molar-refractivity contribution in [2.24, 2.45) is 4.99 Å². The van der Waals surface area contributed by atoms with Crippen LogP contribution in [0.3, 0.4) is 0 Å². The molecule has 31 heavy (non-hydrogen) atoms. The van der Waals surface area contributed by atoms with E-state index in [1.54, 1.807) is 6.26 Å². The third-order valence-electron chi connectivity index (χ3n) is 5.85. The van der Waals surface area contributed by atoms with Crippen molar-refractivity contribution in [2.45, 2.75) is 51.3 Å². The highest BCUT2D eigenvalue weighted by atomic mass is 127. The van der Waals surface area contributed by atoms with Crippen LogP contribution in [0.1, 0.15) is 43.4 Å². The molecule has 8 nitrogen and oxygen atoms in total. The lowest BCUT2D eigenvalue weighted by Crippen LogP contribution is -2.52. The first kappa shape index (κ1) is 23.8. The Balaban J connectivity index is 0.00000272. The number of piperazine rings is 1. The highest BCUT2D eigenvalue weighted by Crippen LogP contribution is 2.22. The molecule has 0 atom stereocenters. The molecular formula is C22H33IN6O2. The topological polar surface area (TPSA) is 79.0 Å². The Morgan fingerprint density at radius 1 is 1.19 bits per heavy atom. The summed E-state index contributed by atoms with van der Waals surface area (Å²) in [7, 11) is 1.84. The predicted octanol–water partition coefficient (Wildman–Crippen LogP) is 3.29. The van der Waals surface area contributed by atoms with Crippen LogP contribution in [0.2, 0.25) is 0 Å². The second-order valence-corrected chi connectivity index (χ2v) is 8.03. The molecule has 2 fully saturated rings. The Bertz CT molecular complexity index is 802. The SMILES string of the molecule is CN=C(NCc1ccnc(OC2CCCCC2)c1)N1CCN(Cc2ccon2)CC1.I. The van der Waals surface area contributed by atoms with Crippen LogP contribution in [0.15, 0.2) is 40.2 Å². The third kappa shape index (κ3) is 7.06. The number of hydrogen-bond acceptors (Lipinski definition) is 6. The largest absolute Gasteiger partial charge is 0.474 e. The molecule has 170 valence electrons. The van der Waals surface area contributed by atoms with Gasteiger partial charge in [0.05, 0.1) is 5.69 Å². The fourth-order valence-electron chi connectivity index (χ4n) is 4.16.